The van der Waals surface area contributed by atoms with Crippen molar-refractivity contribution < 1.29 is 37.3 Å². The summed E-state index contributed by atoms with van der Waals surface area (Å²) in [7, 11) is -4.25. The highest BCUT2D eigenvalue weighted by molar-refractivity contribution is 7.89. The van der Waals surface area contributed by atoms with Crippen molar-refractivity contribution in [2.45, 2.75) is 39.1 Å². The third-order valence-corrected chi connectivity index (χ3v) is 8.11. The lowest BCUT2D eigenvalue weighted by molar-refractivity contribution is -0.118. The van der Waals surface area contributed by atoms with E-state index in [1.165, 1.54) is 29.8 Å². The van der Waals surface area contributed by atoms with Crippen molar-refractivity contribution in [3.63, 3.8) is 0 Å². The molecule has 3 N–H and O–H groups in total. The average molecular weight is 607 g/mol. The molecule has 12 nitrogen and oxygen atoms in total. The number of carboxylic acid groups (broad SMARTS) is 1. The van der Waals surface area contributed by atoms with Gasteiger partial charge in [-0.3, -0.25) is 4.79 Å². The molecule has 2 heterocycles. The van der Waals surface area contributed by atoms with Gasteiger partial charge < -0.3 is 24.6 Å². The van der Waals surface area contributed by atoms with Crippen LogP contribution in [0.3, 0.4) is 0 Å². The van der Waals surface area contributed by atoms with Crippen molar-refractivity contribution in [1.29, 1.82) is 0 Å². The molecule has 43 heavy (non-hydrogen) atoms. The van der Waals surface area contributed by atoms with Gasteiger partial charge in [-0.05, 0) is 61.9 Å². The molecule has 0 saturated carbocycles. The Kier molecular flexibility index (Phi) is 8.11. The number of aromatic carboxylic acids is 1. The van der Waals surface area contributed by atoms with Crippen LogP contribution in [-0.2, 0) is 21.4 Å². The Balaban J connectivity index is 1.54. The molecule has 0 saturated heterocycles. The summed E-state index contributed by atoms with van der Waals surface area (Å²) >= 11 is 0. The number of anilines is 1. The van der Waals surface area contributed by atoms with Gasteiger partial charge in [0.15, 0.2) is 17.2 Å². The first-order valence-corrected chi connectivity index (χ1v) is 14.8. The van der Waals surface area contributed by atoms with Gasteiger partial charge in [-0.25, -0.2) is 17.9 Å². The standard InChI is InChI=1S/C30H30N4O8S/c1-17(2)28(35)32-21-8-12-24(26(14-21)43(38,39)31-15-20-7-11-23-25(13-20)41-16-40-23)42-29-19(4)27(30(36)37)33-34(29)22-9-5-18(3)6-10-22/h5-14,17,31H,15-16H2,1-4H3,(H,32,35)(H,36,37). The molecule has 0 fully saturated rings. The molecule has 3 aromatic carbocycles. The van der Waals surface area contributed by atoms with Crippen LogP contribution in [0.4, 0.5) is 5.69 Å². The third-order valence-electron chi connectivity index (χ3n) is 6.68. The van der Waals surface area contributed by atoms with E-state index in [-0.39, 0.29) is 58.6 Å². The molecule has 0 bridgehead atoms. The number of hydrogen-bond acceptors (Lipinski definition) is 8. The first-order valence-electron chi connectivity index (χ1n) is 13.3. The van der Waals surface area contributed by atoms with Crippen LogP contribution in [0, 0.1) is 19.8 Å². The van der Waals surface area contributed by atoms with Crippen molar-refractivity contribution in [3.8, 4) is 28.8 Å². The molecule has 1 aromatic heterocycles. The van der Waals surface area contributed by atoms with Crippen LogP contribution in [0.15, 0.2) is 65.6 Å². The van der Waals surface area contributed by atoms with Gasteiger partial charge in [0.25, 0.3) is 0 Å². The van der Waals surface area contributed by atoms with E-state index in [9.17, 15) is 23.1 Å². The van der Waals surface area contributed by atoms with Crippen LogP contribution >= 0.6 is 0 Å². The van der Waals surface area contributed by atoms with Gasteiger partial charge >= 0.3 is 5.97 Å². The molecule has 4 aromatic rings. The van der Waals surface area contributed by atoms with E-state index in [1.54, 1.807) is 44.2 Å². The van der Waals surface area contributed by atoms with E-state index in [2.05, 4.69) is 15.1 Å². The van der Waals surface area contributed by atoms with E-state index in [0.717, 1.165) is 5.56 Å². The number of aromatic nitrogens is 2. The normalized spacial score (nSPS) is 12.4. The molecule has 1 aliphatic heterocycles. The van der Waals surface area contributed by atoms with Crippen LogP contribution in [0.2, 0.25) is 0 Å². The number of fused-ring (bicyclic) bond motifs is 1. The maximum atomic E-state index is 13.7. The number of benzene rings is 3. The van der Waals surface area contributed by atoms with E-state index >= 15 is 0 Å². The van der Waals surface area contributed by atoms with Crippen LogP contribution in [0.5, 0.6) is 23.1 Å². The number of amides is 1. The molecule has 0 aliphatic carbocycles. The molecule has 5 rings (SSSR count). The van der Waals surface area contributed by atoms with Gasteiger partial charge in [-0.15, -0.1) is 0 Å². The topological polar surface area (TPSA) is 158 Å². The maximum absolute atomic E-state index is 13.7. The Morgan fingerprint density at radius 2 is 1.74 bits per heavy atom. The molecule has 0 radical (unpaired) electrons. The molecular weight excluding hydrogens is 576 g/mol. The highest BCUT2D eigenvalue weighted by atomic mass is 32.2. The van der Waals surface area contributed by atoms with Gasteiger partial charge in [0.05, 0.1) is 5.69 Å². The van der Waals surface area contributed by atoms with Gasteiger partial charge in [-0.1, -0.05) is 37.6 Å². The van der Waals surface area contributed by atoms with Crippen molar-refractivity contribution in [2.24, 2.45) is 5.92 Å². The Hall–Kier alpha value is -4.88. The van der Waals surface area contributed by atoms with E-state index in [1.807, 2.05) is 19.1 Å². The first-order chi connectivity index (χ1) is 20.4. The van der Waals surface area contributed by atoms with Crippen LogP contribution in [0.1, 0.15) is 41.0 Å². The zero-order valence-electron chi connectivity index (χ0n) is 23.9. The van der Waals surface area contributed by atoms with Crippen molar-refractivity contribution in [2.75, 3.05) is 12.1 Å². The monoisotopic (exact) mass is 606 g/mol. The largest absolute Gasteiger partial charge is 0.476 e. The second-order valence-corrected chi connectivity index (χ2v) is 12.0. The summed E-state index contributed by atoms with van der Waals surface area (Å²) in [4.78, 5) is 24.1. The zero-order valence-corrected chi connectivity index (χ0v) is 24.7. The van der Waals surface area contributed by atoms with E-state index < -0.39 is 16.0 Å². The summed E-state index contributed by atoms with van der Waals surface area (Å²) in [5, 5.41) is 16.7. The number of nitrogens with one attached hydrogen (secondary N) is 2. The summed E-state index contributed by atoms with van der Waals surface area (Å²) in [6, 6.07) is 16.4. The smallest absolute Gasteiger partial charge is 0.356 e. The molecular formula is C30H30N4O8S. The van der Waals surface area contributed by atoms with Crippen LogP contribution < -0.4 is 24.2 Å². The van der Waals surface area contributed by atoms with Gasteiger partial charge in [0.1, 0.15) is 10.6 Å². The fourth-order valence-corrected chi connectivity index (χ4v) is 5.41. The molecule has 0 atom stereocenters. The summed E-state index contributed by atoms with van der Waals surface area (Å²) < 4.78 is 48.2. The predicted molar refractivity (Wildman–Crippen MR) is 157 cm³/mol. The number of nitrogens with zero attached hydrogens (tertiary/aromatic N) is 2. The van der Waals surface area contributed by atoms with E-state index in [4.69, 9.17) is 14.2 Å². The lowest BCUT2D eigenvalue weighted by atomic mass is 10.2. The second kappa shape index (κ2) is 11.8. The van der Waals surface area contributed by atoms with Gasteiger partial charge in [0, 0.05) is 23.7 Å². The fraction of sp³-hybridized carbons (Fsp3) is 0.233. The fourth-order valence-electron chi connectivity index (χ4n) is 4.24. The van der Waals surface area contributed by atoms with Crippen LogP contribution in [0.25, 0.3) is 5.69 Å². The van der Waals surface area contributed by atoms with Crippen molar-refractivity contribution in [1.82, 2.24) is 14.5 Å². The average Bonchev–Trinajstić information content (AvgIpc) is 3.57. The molecule has 0 spiro atoms. The number of carbonyl (C=O) groups excluding carboxylic acids is 1. The predicted octanol–water partition coefficient (Wildman–Crippen LogP) is 4.78. The van der Waals surface area contributed by atoms with Crippen molar-refractivity contribution >= 4 is 27.6 Å². The maximum Gasteiger partial charge on any atom is 0.356 e. The summed E-state index contributed by atoms with van der Waals surface area (Å²) in [5.74, 6) is -0.921. The summed E-state index contributed by atoms with van der Waals surface area (Å²) in [6.07, 6.45) is 0. The lowest BCUT2D eigenvalue weighted by Crippen LogP contribution is -2.24. The van der Waals surface area contributed by atoms with Gasteiger partial charge in [-0.2, -0.15) is 9.78 Å². The molecule has 1 amide bonds. The third kappa shape index (κ3) is 6.32. The molecule has 224 valence electrons. The van der Waals surface area contributed by atoms with E-state index in [0.29, 0.717) is 22.7 Å². The minimum Gasteiger partial charge on any atom is -0.476 e. The highest BCUT2D eigenvalue weighted by Gasteiger charge is 2.27. The van der Waals surface area contributed by atoms with Gasteiger partial charge in [0.2, 0.25) is 28.6 Å². The number of carbonyl (C=O) groups is 2. The SMILES string of the molecule is Cc1ccc(-n2nc(C(=O)O)c(C)c2Oc2ccc(NC(=O)C(C)C)cc2S(=O)(=O)NCc2ccc3c(c2)OCO3)cc1. The minimum absolute atomic E-state index is 0.0208. The summed E-state index contributed by atoms with van der Waals surface area (Å²) in [6.45, 7) is 6.87. The number of carboxylic acids is 1. The zero-order chi connectivity index (χ0) is 30.9. The number of rotatable bonds is 10. The number of ether oxygens (including phenoxy) is 3. The Morgan fingerprint density at radius 3 is 2.44 bits per heavy atom. The van der Waals surface area contributed by atoms with Crippen LogP contribution in [-0.4, -0.2) is 42.0 Å². The minimum atomic E-state index is -4.25. The second-order valence-electron chi connectivity index (χ2n) is 10.3. The molecule has 0 unspecified atom stereocenters. The first kappa shape index (κ1) is 29.6. The number of hydrogen-bond donors (Lipinski definition) is 3. The number of aryl methyl sites for hydroxylation is 1. The highest BCUT2D eigenvalue weighted by Crippen LogP contribution is 2.36. The molecule has 13 heteroatoms. The lowest BCUT2D eigenvalue weighted by Gasteiger charge is -2.16. The Bertz CT molecular complexity index is 1810. The quantitative estimate of drug-likeness (QED) is 0.231. The summed E-state index contributed by atoms with van der Waals surface area (Å²) in [5.41, 5.74) is 2.31. The molecule has 1 aliphatic rings. The van der Waals surface area contributed by atoms with Crippen molar-refractivity contribution in [3.05, 3.63) is 83.0 Å². The Labute approximate surface area is 248 Å². The Morgan fingerprint density at radius 1 is 1.02 bits per heavy atom. The number of sulfonamides is 1.